The van der Waals surface area contributed by atoms with Gasteiger partial charge in [-0.15, -0.1) is 0 Å². The minimum Gasteiger partial charge on any atom is -0.394 e. The molecule has 4 nitrogen and oxygen atoms in total. The Morgan fingerprint density at radius 3 is 2.89 bits per heavy atom. The molecule has 0 saturated heterocycles. The van der Waals surface area contributed by atoms with Crippen LogP contribution in [-0.2, 0) is 6.42 Å². The molecule has 0 fully saturated rings. The third kappa shape index (κ3) is 5.01. The molecule has 1 unspecified atom stereocenters. The molecule has 0 heterocycles. The van der Waals surface area contributed by atoms with E-state index in [-0.39, 0.29) is 24.5 Å². The molecule has 0 bridgehead atoms. The molecule has 1 aromatic carbocycles. The van der Waals surface area contributed by atoms with E-state index in [0.717, 1.165) is 5.56 Å². The number of halogens is 2. The number of hydrogen-bond donors (Lipinski definition) is 3. The molecule has 2 amide bonds. The lowest BCUT2D eigenvalue weighted by Crippen LogP contribution is -2.42. The van der Waals surface area contributed by atoms with Crippen LogP contribution in [0.3, 0.4) is 0 Å². The Kier molecular flexibility index (Phi) is 6.07. The predicted molar refractivity (Wildman–Crippen MR) is 70.9 cm³/mol. The number of benzene rings is 1. The molecular weight excluding hydrogens is 303 g/mol. The molecule has 6 heteroatoms. The van der Waals surface area contributed by atoms with E-state index >= 15 is 0 Å². The Morgan fingerprint density at radius 1 is 1.56 bits per heavy atom. The number of amides is 2. The molecule has 3 N–H and O–H groups in total. The van der Waals surface area contributed by atoms with Crippen LogP contribution < -0.4 is 10.6 Å². The Balaban J connectivity index is 2.33. The minimum absolute atomic E-state index is 0.0989. The van der Waals surface area contributed by atoms with Gasteiger partial charge in [-0.1, -0.05) is 6.07 Å². The van der Waals surface area contributed by atoms with Crippen LogP contribution in [-0.4, -0.2) is 30.3 Å². The van der Waals surface area contributed by atoms with Crippen molar-refractivity contribution in [2.75, 3.05) is 13.2 Å². The van der Waals surface area contributed by atoms with E-state index in [1.807, 2.05) is 0 Å². The van der Waals surface area contributed by atoms with Gasteiger partial charge < -0.3 is 15.7 Å². The van der Waals surface area contributed by atoms with E-state index < -0.39 is 0 Å². The highest BCUT2D eigenvalue weighted by Crippen LogP contribution is 2.16. The standard InChI is InChI=1S/C12H16BrFN2O2/c1-8(7-17)16-12(18)15-5-4-9-2-3-11(14)10(13)6-9/h2-3,6,8,17H,4-5,7H2,1H3,(H2,15,16,18). The van der Waals surface area contributed by atoms with Crippen LogP contribution in [0.5, 0.6) is 0 Å². The summed E-state index contributed by atoms with van der Waals surface area (Å²) in [5, 5.41) is 14.0. The summed E-state index contributed by atoms with van der Waals surface area (Å²) >= 11 is 3.11. The predicted octanol–water partition coefficient (Wildman–Crippen LogP) is 1.81. The van der Waals surface area contributed by atoms with Crippen molar-refractivity contribution in [3.05, 3.63) is 34.1 Å². The highest BCUT2D eigenvalue weighted by molar-refractivity contribution is 9.10. The van der Waals surface area contributed by atoms with Crippen molar-refractivity contribution in [3.8, 4) is 0 Å². The fourth-order valence-corrected chi connectivity index (χ4v) is 1.76. The highest BCUT2D eigenvalue weighted by atomic mass is 79.9. The van der Waals surface area contributed by atoms with E-state index in [9.17, 15) is 9.18 Å². The SMILES string of the molecule is CC(CO)NC(=O)NCCc1ccc(F)c(Br)c1. The first-order valence-corrected chi connectivity index (χ1v) is 6.41. The maximum atomic E-state index is 13.0. The molecule has 0 aromatic heterocycles. The molecule has 1 rings (SSSR count). The van der Waals surface area contributed by atoms with Gasteiger partial charge in [0.05, 0.1) is 17.1 Å². The summed E-state index contributed by atoms with van der Waals surface area (Å²) in [7, 11) is 0. The average molecular weight is 319 g/mol. The number of aliphatic hydroxyl groups is 1. The van der Waals surface area contributed by atoms with Gasteiger partial charge in [0.2, 0.25) is 0 Å². The van der Waals surface area contributed by atoms with Gasteiger partial charge in [-0.05, 0) is 47.0 Å². The van der Waals surface area contributed by atoms with Gasteiger partial charge in [-0.2, -0.15) is 0 Å². The van der Waals surface area contributed by atoms with Gasteiger partial charge in [0.1, 0.15) is 5.82 Å². The summed E-state index contributed by atoms with van der Waals surface area (Å²) in [6.07, 6.45) is 0.611. The third-order valence-electron chi connectivity index (χ3n) is 2.33. The maximum Gasteiger partial charge on any atom is 0.315 e. The van der Waals surface area contributed by atoms with Crippen molar-refractivity contribution in [2.24, 2.45) is 0 Å². The fraction of sp³-hybridized carbons (Fsp3) is 0.417. The van der Waals surface area contributed by atoms with Gasteiger partial charge in [0.25, 0.3) is 0 Å². The minimum atomic E-state index is -0.322. The second-order valence-corrected chi connectivity index (χ2v) is 4.84. The van der Waals surface area contributed by atoms with Crippen molar-refractivity contribution in [1.29, 1.82) is 0 Å². The van der Waals surface area contributed by atoms with Crippen molar-refractivity contribution in [2.45, 2.75) is 19.4 Å². The molecule has 100 valence electrons. The fourth-order valence-electron chi connectivity index (χ4n) is 1.34. The van der Waals surface area contributed by atoms with Gasteiger partial charge in [-0.25, -0.2) is 9.18 Å². The van der Waals surface area contributed by atoms with Crippen LogP contribution >= 0.6 is 15.9 Å². The number of aliphatic hydroxyl groups excluding tert-OH is 1. The van der Waals surface area contributed by atoms with Gasteiger partial charge in [-0.3, -0.25) is 0 Å². The maximum absolute atomic E-state index is 13.0. The summed E-state index contributed by atoms with van der Waals surface area (Å²) in [5.41, 5.74) is 0.929. The molecular formula is C12H16BrFN2O2. The smallest absolute Gasteiger partial charge is 0.315 e. The van der Waals surface area contributed by atoms with E-state index in [1.165, 1.54) is 6.07 Å². The van der Waals surface area contributed by atoms with Crippen molar-refractivity contribution < 1.29 is 14.3 Å². The lowest BCUT2D eigenvalue weighted by Gasteiger charge is -2.12. The van der Waals surface area contributed by atoms with E-state index in [1.54, 1.807) is 19.1 Å². The van der Waals surface area contributed by atoms with E-state index in [2.05, 4.69) is 26.6 Å². The Morgan fingerprint density at radius 2 is 2.28 bits per heavy atom. The van der Waals surface area contributed by atoms with Crippen molar-refractivity contribution >= 4 is 22.0 Å². The van der Waals surface area contributed by atoms with E-state index in [0.29, 0.717) is 17.4 Å². The van der Waals surface area contributed by atoms with Gasteiger partial charge in [0, 0.05) is 6.54 Å². The zero-order chi connectivity index (χ0) is 13.5. The first-order chi connectivity index (χ1) is 8.52. The Hall–Kier alpha value is -1.14. The summed E-state index contributed by atoms with van der Waals surface area (Å²) in [6, 6.07) is 4.15. The third-order valence-corrected chi connectivity index (χ3v) is 2.94. The first kappa shape index (κ1) is 14.9. The topological polar surface area (TPSA) is 61.4 Å². The van der Waals surface area contributed by atoms with Gasteiger partial charge in [0.15, 0.2) is 0 Å². The number of carbonyl (C=O) groups is 1. The molecule has 0 aliphatic rings. The average Bonchev–Trinajstić information content (AvgIpc) is 2.33. The number of rotatable bonds is 5. The lowest BCUT2D eigenvalue weighted by atomic mass is 10.1. The summed E-state index contributed by atoms with van der Waals surface area (Å²) in [6.45, 7) is 2.05. The zero-order valence-electron chi connectivity index (χ0n) is 10.0. The summed E-state index contributed by atoms with van der Waals surface area (Å²) < 4.78 is 13.4. The quantitative estimate of drug-likeness (QED) is 0.775. The van der Waals surface area contributed by atoms with Crippen LogP contribution in [0.4, 0.5) is 9.18 Å². The second kappa shape index (κ2) is 7.33. The molecule has 0 aliphatic heterocycles. The molecule has 0 aliphatic carbocycles. The van der Waals surface area contributed by atoms with Gasteiger partial charge >= 0.3 is 6.03 Å². The van der Waals surface area contributed by atoms with Crippen LogP contribution in [0, 0.1) is 5.82 Å². The van der Waals surface area contributed by atoms with Crippen LogP contribution in [0.2, 0.25) is 0 Å². The van der Waals surface area contributed by atoms with Crippen LogP contribution in [0.1, 0.15) is 12.5 Å². The van der Waals surface area contributed by atoms with Crippen molar-refractivity contribution in [3.63, 3.8) is 0 Å². The van der Waals surface area contributed by atoms with Crippen molar-refractivity contribution in [1.82, 2.24) is 10.6 Å². The molecule has 18 heavy (non-hydrogen) atoms. The summed E-state index contributed by atoms with van der Waals surface area (Å²) in [5.74, 6) is -0.304. The largest absolute Gasteiger partial charge is 0.394 e. The first-order valence-electron chi connectivity index (χ1n) is 5.62. The molecule has 1 aromatic rings. The number of urea groups is 1. The normalized spacial score (nSPS) is 12.0. The zero-order valence-corrected chi connectivity index (χ0v) is 11.6. The molecule has 0 spiro atoms. The molecule has 0 radical (unpaired) electrons. The number of carbonyl (C=O) groups excluding carboxylic acids is 1. The Bertz CT molecular complexity index is 415. The molecule has 1 atom stereocenters. The van der Waals surface area contributed by atoms with E-state index in [4.69, 9.17) is 5.11 Å². The van der Waals surface area contributed by atoms with Crippen LogP contribution in [0.15, 0.2) is 22.7 Å². The van der Waals surface area contributed by atoms with Crippen LogP contribution in [0.25, 0.3) is 0 Å². The molecule has 0 saturated carbocycles. The number of nitrogens with one attached hydrogen (secondary N) is 2. The number of hydrogen-bond acceptors (Lipinski definition) is 2. The Labute approximate surface area is 114 Å². The summed E-state index contributed by atoms with van der Waals surface area (Å²) in [4.78, 5) is 11.3. The highest BCUT2D eigenvalue weighted by Gasteiger charge is 2.05. The monoisotopic (exact) mass is 318 g/mol. The second-order valence-electron chi connectivity index (χ2n) is 3.98. The lowest BCUT2D eigenvalue weighted by molar-refractivity contribution is 0.220.